The fourth-order valence-corrected chi connectivity index (χ4v) is 4.14. The van der Waals surface area contributed by atoms with Crippen LogP contribution in [0.25, 0.3) is 0 Å². The molecule has 0 saturated heterocycles. The first kappa shape index (κ1) is 21.2. The van der Waals surface area contributed by atoms with Gasteiger partial charge in [-0.05, 0) is 29.1 Å². The van der Waals surface area contributed by atoms with E-state index in [2.05, 4.69) is 20.3 Å². The van der Waals surface area contributed by atoms with Gasteiger partial charge in [-0.2, -0.15) is 13.2 Å². The Morgan fingerprint density at radius 2 is 1.81 bits per heavy atom. The fraction of sp³-hybridized carbons (Fsp3) is 0.312. The number of alkyl halides is 3. The molecule has 2 rings (SSSR count). The molecule has 0 aliphatic rings. The van der Waals surface area contributed by atoms with Crippen molar-refractivity contribution in [3.05, 3.63) is 52.9 Å². The molecule has 0 radical (unpaired) electrons. The molecule has 2 aromatic rings. The molecular weight excluding hydrogens is 401 g/mol. The molecule has 6 nitrogen and oxygen atoms in total. The number of guanidine groups is 1. The minimum Gasteiger partial charge on any atom is -0.355 e. The van der Waals surface area contributed by atoms with Crippen LogP contribution in [-0.4, -0.2) is 34.5 Å². The summed E-state index contributed by atoms with van der Waals surface area (Å²) >= 11 is 1.13. The Bertz CT molecular complexity index is 849. The van der Waals surface area contributed by atoms with E-state index in [1.807, 2.05) is 0 Å². The number of halogens is 3. The number of aliphatic imine (C=N–C) groups is 1. The monoisotopic (exact) mass is 420 g/mol. The van der Waals surface area contributed by atoms with Crippen LogP contribution in [0.15, 0.2) is 51.0 Å². The van der Waals surface area contributed by atoms with E-state index in [0.29, 0.717) is 11.5 Å². The van der Waals surface area contributed by atoms with Gasteiger partial charge in [0.1, 0.15) is 4.21 Å². The van der Waals surface area contributed by atoms with Crippen LogP contribution in [0.4, 0.5) is 13.2 Å². The van der Waals surface area contributed by atoms with E-state index in [0.717, 1.165) is 23.5 Å². The third kappa shape index (κ3) is 6.52. The number of hydrogen-bond acceptors (Lipinski definition) is 4. The topological polar surface area (TPSA) is 82.6 Å². The van der Waals surface area contributed by atoms with Crippen molar-refractivity contribution in [2.24, 2.45) is 4.99 Å². The summed E-state index contributed by atoms with van der Waals surface area (Å²) in [6.45, 7) is 0.719. The second-order valence-electron chi connectivity index (χ2n) is 5.38. The van der Waals surface area contributed by atoms with Gasteiger partial charge in [0, 0.05) is 26.7 Å². The van der Waals surface area contributed by atoms with Crippen LogP contribution in [0, 0.1) is 0 Å². The van der Waals surface area contributed by atoms with Gasteiger partial charge in [-0.15, -0.1) is 11.3 Å². The maximum atomic E-state index is 12.5. The van der Waals surface area contributed by atoms with Gasteiger partial charge in [0.2, 0.25) is 10.0 Å². The molecule has 148 valence electrons. The summed E-state index contributed by atoms with van der Waals surface area (Å²) < 4.78 is 64.3. The van der Waals surface area contributed by atoms with Gasteiger partial charge in [0.25, 0.3) is 0 Å². The maximum Gasteiger partial charge on any atom is 0.416 e. The van der Waals surface area contributed by atoms with Crippen LogP contribution in [0.1, 0.15) is 11.1 Å². The highest BCUT2D eigenvalue weighted by atomic mass is 32.2. The second-order valence-corrected chi connectivity index (χ2v) is 8.32. The average molecular weight is 420 g/mol. The number of nitrogens with zero attached hydrogens (tertiary/aromatic N) is 1. The molecule has 0 aliphatic carbocycles. The molecule has 0 fully saturated rings. The predicted molar refractivity (Wildman–Crippen MR) is 99.2 cm³/mol. The predicted octanol–water partition coefficient (Wildman–Crippen LogP) is 2.41. The summed E-state index contributed by atoms with van der Waals surface area (Å²) in [4.78, 5) is 3.98. The van der Waals surface area contributed by atoms with Gasteiger partial charge in [0.15, 0.2) is 5.96 Å². The Labute approximate surface area is 159 Å². The molecular formula is C16H19F3N4O2S2. The second kappa shape index (κ2) is 9.20. The Hall–Kier alpha value is -2.11. The lowest BCUT2D eigenvalue weighted by Crippen LogP contribution is -2.41. The summed E-state index contributed by atoms with van der Waals surface area (Å²) in [5.74, 6) is 0.408. The third-order valence-corrected chi connectivity index (χ3v) is 6.29. The quantitative estimate of drug-likeness (QED) is 0.365. The Morgan fingerprint density at radius 3 is 2.37 bits per heavy atom. The van der Waals surface area contributed by atoms with Crippen molar-refractivity contribution in [3.63, 3.8) is 0 Å². The largest absolute Gasteiger partial charge is 0.416 e. The van der Waals surface area contributed by atoms with Crippen LogP contribution >= 0.6 is 11.3 Å². The van der Waals surface area contributed by atoms with E-state index in [1.165, 1.54) is 25.2 Å². The highest BCUT2D eigenvalue weighted by molar-refractivity contribution is 7.91. The SMILES string of the molecule is CN=C(NCCNS(=O)(=O)c1cccs1)NCc1ccc(C(F)(F)F)cc1. The number of benzene rings is 1. The molecule has 0 bridgehead atoms. The minimum absolute atomic E-state index is 0.154. The molecule has 0 spiro atoms. The first-order chi connectivity index (χ1) is 12.7. The van der Waals surface area contributed by atoms with E-state index in [4.69, 9.17) is 0 Å². The van der Waals surface area contributed by atoms with Crippen molar-refractivity contribution >= 4 is 27.3 Å². The molecule has 0 atom stereocenters. The Morgan fingerprint density at radius 1 is 1.11 bits per heavy atom. The van der Waals surface area contributed by atoms with Crippen molar-refractivity contribution in [3.8, 4) is 0 Å². The van der Waals surface area contributed by atoms with Gasteiger partial charge in [-0.1, -0.05) is 18.2 Å². The Balaban J connectivity index is 1.76. The first-order valence-corrected chi connectivity index (χ1v) is 10.2. The molecule has 1 aromatic carbocycles. The zero-order valence-electron chi connectivity index (χ0n) is 14.4. The molecule has 11 heteroatoms. The van der Waals surface area contributed by atoms with E-state index < -0.39 is 21.8 Å². The summed E-state index contributed by atoms with van der Waals surface area (Å²) in [5.41, 5.74) is -0.0453. The number of hydrogen-bond donors (Lipinski definition) is 3. The summed E-state index contributed by atoms with van der Waals surface area (Å²) in [5, 5.41) is 7.56. The van der Waals surface area contributed by atoms with Crippen molar-refractivity contribution < 1.29 is 21.6 Å². The van der Waals surface area contributed by atoms with Crippen LogP contribution in [0.5, 0.6) is 0 Å². The van der Waals surface area contributed by atoms with Crippen LogP contribution in [-0.2, 0) is 22.7 Å². The molecule has 1 heterocycles. The molecule has 1 aromatic heterocycles. The summed E-state index contributed by atoms with van der Waals surface area (Å²) in [6.07, 6.45) is -4.36. The first-order valence-electron chi connectivity index (χ1n) is 7.86. The van der Waals surface area contributed by atoms with Gasteiger partial charge in [-0.3, -0.25) is 4.99 Å². The molecule has 27 heavy (non-hydrogen) atoms. The van der Waals surface area contributed by atoms with E-state index in [-0.39, 0.29) is 23.8 Å². The van der Waals surface area contributed by atoms with Gasteiger partial charge >= 0.3 is 6.18 Å². The molecule has 0 saturated carbocycles. The lowest BCUT2D eigenvalue weighted by atomic mass is 10.1. The Kier molecular flexibility index (Phi) is 7.22. The molecule has 0 unspecified atom stereocenters. The number of rotatable bonds is 7. The molecule has 0 amide bonds. The maximum absolute atomic E-state index is 12.5. The van der Waals surface area contributed by atoms with E-state index in [9.17, 15) is 21.6 Å². The van der Waals surface area contributed by atoms with Crippen molar-refractivity contribution in [2.45, 2.75) is 16.9 Å². The van der Waals surface area contributed by atoms with Gasteiger partial charge in [-0.25, -0.2) is 13.1 Å². The summed E-state index contributed by atoms with van der Waals surface area (Å²) in [6, 6.07) is 7.99. The van der Waals surface area contributed by atoms with Crippen LogP contribution in [0.3, 0.4) is 0 Å². The zero-order chi connectivity index (χ0) is 19.9. The van der Waals surface area contributed by atoms with Gasteiger partial charge in [0.05, 0.1) is 5.56 Å². The van der Waals surface area contributed by atoms with E-state index >= 15 is 0 Å². The molecule has 0 aliphatic heterocycles. The minimum atomic E-state index is -4.36. The lowest BCUT2D eigenvalue weighted by Gasteiger charge is -2.13. The van der Waals surface area contributed by atoms with Gasteiger partial charge < -0.3 is 10.6 Å². The standard InChI is InChI=1S/C16H19F3N4O2S2/c1-20-15(21-8-9-23-27(24,25)14-3-2-10-26-14)22-11-12-4-6-13(7-5-12)16(17,18)19/h2-7,10,23H,8-9,11H2,1H3,(H2,20,21,22). The fourth-order valence-electron chi connectivity index (χ4n) is 2.07. The molecule has 3 N–H and O–H groups in total. The highest BCUT2D eigenvalue weighted by Gasteiger charge is 2.29. The summed E-state index contributed by atoms with van der Waals surface area (Å²) in [7, 11) is -1.98. The average Bonchev–Trinajstić information content (AvgIpc) is 3.16. The van der Waals surface area contributed by atoms with Crippen molar-refractivity contribution in [1.82, 2.24) is 15.4 Å². The third-order valence-electron chi connectivity index (χ3n) is 3.43. The smallest absolute Gasteiger partial charge is 0.355 e. The normalized spacial score (nSPS) is 12.8. The zero-order valence-corrected chi connectivity index (χ0v) is 16.0. The lowest BCUT2D eigenvalue weighted by molar-refractivity contribution is -0.137. The number of sulfonamides is 1. The van der Waals surface area contributed by atoms with E-state index in [1.54, 1.807) is 11.4 Å². The van der Waals surface area contributed by atoms with Crippen LogP contribution < -0.4 is 15.4 Å². The highest BCUT2D eigenvalue weighted by Crippen LogP contribution is 2.29. The van der Waals surface area contributed by atoms with Crippen LogP contribution in [0.2, 0.25) is 0 Å². The van der Waals surface area contributed by atoms with Crippen molar-refractivity contribution in [2.75, 3.05) is 20.1 Å². The number of thiophene rings is 1. The number of nitrogens with one attached hydrogen (secondary N) is 3. The van der Waals surface area contributed by atoms with Crippen molar-refractivity contribution in [1.29, 1.82) is 0 Å².